The number of hydrogen-bond donors (Lipinski definition) is 1. The molecule has 2 aliphatic rings. The third kappa shape index (κ3) is 2.56. The molecule has 2 fully saturated rings. The first kappa shape index (κ1) is 13.1. The zero-order valence-corrected chi connectivity index (χ0v) is 12.2. The first-order valence-corrected chi connectivity index (χ1v) is 8.05. The van der Waals surface area contributed by atoms with E-state index in [9.17, 15) is 4.79 Å². The molecule has 2 atom stereocenters. The molecule has 1 aromatic heterocycles. The molecule has 104 valence electrons. The third-order valence-corrected chi connectivity index (χ3v) is 5.58. The lowest BCUT2D eigenvalue weighted by Gasteiger charge is -2.29. The highest BCUT2D eigenvalue weighted by atomic mass is 32.1. The number of nitrogens with one attached hydrogen (secondary N) is 1. The predicted octanol–water partition coefficient (Wildman–Crippen LogP) is 2.85. The lowest BCUT2D eigenvalue weighted by atomic mass is 9.84. The highest BCUT2D eigenvalue weighted by molar-refractivity contribution is 7.10. The van der Waals surface area contributed by atoms with Gasteiger partial charge in [0.05, 0.1) is 0 Å². The fourth-order valence-corrected chi connectivity index (χ4v) is 4.37. The topological polar surface area (TPSA) is 38.3 Å². The van der Waals surface area contributed by atoms with Gasteiger partial charge in [-0.3, -0.25) is 4.79 Å². The molecule has 1 aliphatic heterocycles. The van der Waals surface area contributed by atoms with Gasteiger partial charge in [-0.25, -0.2) is 0 Å². The minimum Gasteiger partial charge on any atom is -0.461 e. The van der Waals surface area contributed by atoms with Crippen molar-refractivity contribution in [2.75, 3.05) is 6.54 Å². The maximum Gasteiger partial charge on any atom is 0.323 e. The van der Waals surface area contributed by atoms with Gasteiger partial charge in [-0.1, -0.05) is 18.9 Å². The lowest BCUT2D eigenvalue weighted by molar-refractivity contribution is -0.142. The summed E-state index contributed by atoms with van der Waals surface area (Å²) in [5, 5.41) is 5.62. The van der Waals surface area contributed by atoms with Gasteiger partial charge in [-0.2, -0.15) is 0 Å². The fraction of sp³-hybridized carbons (Fsp3) is 0.667. The molecule has 3 rings (SSSR count). The van der Waals surface area contributed by atoms with Gasteiger partial charge in [0.1, 0.15) is 12.1 Å². The Balaban J connectivity index is 1.68. The summed E-state index contributed by atoms with van der Waals surface area (Å²) in [6.07, 6.45) is 5.93. The molecular formula is C15H21NO2S. The molecular weight excluding hydrogens is 258 g/mol. The molecule has 19 heavy (non-hydrogen) atoms. The van der Waals surface area contributed by atoms with Crippen molar-refractivity contribution in [2.45, 2.75) is 56.6 Å². The van der Waals surface area contributed by atoms with Crippen LogP contribution >= 0.6 is 11.3 Å². The molecule has 0 amide bonds. The van der Waals surface area contributed by atoms with Crippen molar-refractivity contribution >= 4 is 17.3 Å². The van der Waals surface area contributed by atoms with Crippen LogP contribution in [-0.4, -0.2) is 24.7 Å². The summed E-state index contributed by atoms with van der Waals surface area (Å²) in [5.74, 6) is -0.0770. The number of ether oxygens (including phenoxy) is 1. The maximum absolute atomic E-state index is 11.7. The van der Waals surface area contributed by atoms with E-state index in [-0.39, 0.29) is 23.5 Å². The lowest BCUT2D eigenvalue weighted by Crippen LogP contribution is -2.42. The van der Waals surface area contributed by atoms with Gasteiger partial charge in [0.2, 0.25) is 0 Å². The van der Waals surface area contributed by atoms with Crippen LogP contribution in [0.5, 0.6) is 0 Å². The zero-order valence-electron chi connectivity index (χ0n) is 11.4. The number of carbonyl (C=O) groups excluding carboxylic acids is 1. The normalized spacial score (nSPS) is 29.6. The number of cyclic esters (lactones) is 1. The Hall–Kier alpha value is -0.870. The Morgan fingerprint density at radius 2 is 2.26 bits per heavy atom. The van der Waals surface area contributed by atoms with Crippen LogP contribution in [0.2, 0.25) is 0 Å². The number of hydrogen-bond acceptors (Lipinski definition) is 4. The van der Waals surface area contributed by atoms with Crippen LogP contribution in [0.4, 0.5) is 0 Å². The van der Waals surface area contributed by atoms with E-state index in [1.165, 1.54) is 30.6 Å². The summed E-state index contributed by atoms with van der Waals surface area (Å²) >= 11 is 1.85. The average Bonchev–Trinajstić information content (AvgIpc) is 3.07. The summed E-state index contributed by atoms with van der Waals surface area (Å²) in [7, 11) is 0. The first-order chi connectivity index (χ1) is 9.20. The summed E-state index contributed by atoms with van der Waals surface area (Å²) in [5.41, 5.74) is 0.250. The van der Waals surface area contributed by atoms with Crippen LogP contribution in [0.15, 0.2) is 17.5 Å². The van der Waals surface area contributed by atoms with E-state index >= 15 is 0 Å². The van der Waals surface area contributed by atoms with E-state index < -0.39 is 0 Å². The molecule has 1 saturated carbocycles. The van der Waals surface area contributed by atoms with Gasteiger partial charge in [0, 0.05) is 23.3 Å². The Labute approximate surface area is 118 Å². The van der Waals surface area contributed by atoms with Crippen molar-refractivity contribution in [3.63, 3.8) is 0 Å². The molecule has 1 aliphatic carbocycles. The molecule has 2 heterocycles. The minimum atomic E-state index is -0.104. The van der Waals surface area contributed by atoms with Crippen LogP contribution in [0, 0.1) is 0 Å². The molecule has 4 heteroatoms. The van der Waals surface area contributed by atoms with E-state index in [2.05, 4.69) is 22.8 Å². The van der Waals surface area contributed by atoms with Gasteiger partial charge in [0.25, 0.3) is 0 Å². The smallest absolute Gasteiger partial charge is 0.323 e. The van der Waals surface area contributed by atoms with E-state index in [0.29, 0.717) is 0 Å². The number of rotatable bonds is 4. The van der Waals surface area contributed by atoms with Crippen molar-refractivity contribution in [2.24, 2.45) is 0 Å². The van der Waals surface area contributed by atoms with Gasteiger partial charge in [-0.15, -0.1) is 11.3 Å². The molecule has 0 aromatic carbocycles. The summed E-state index contributed by atoms with van der Waals surface area (Å²) < 4.78 is 5.21. The van der Waals surface area contributed by atoms with Gasteiger partial charge < -0.3 is 10.1 Å². The summed E-state index contributed by atoms with van der Waals surface area (Å²) in [6.45, 7) is 2.87. The maximum atomic E-state index is 11.7. The highest BCUT2D eigenvalue weighted by Crippen LogP contribution is 2.42. The molecule has 0 radical (unpaired) electrons. The van der Waals surface area contributed by atoms with Crippen LogP contribution in [-0.2, 0) is 14.9 Å². The van der Waals surface area contributed by atoms with E-state index in [0.717, 1.165) is 13.0 Å². The first-order valence-electron chi connectivity index (χ1n) is 7.17. The Kier molecular flexibility index (Phi) is 3.63. The molecule has 3 nitrogen and oxygen atoms in total. The standard InChI is InChI=1S/C15H21NO2S/c1-11-9-12(14(17)18-11)16-10-15(6-2-3-7-15)13-5-4-8-19-13/h4-5,8,11-12,16H,2-3,6-7,9-10H2,1H3. The second-order valence-electron chi connectivity index (χ2n) is 5.88. The van der Waals surface area contributed by atoms with Crippen LogP contribution in [0.3, 0.4) is 0 Å². The number of carbonyl (C=O) groups is 1. The molecule has 1 saturated heterocycles. The third-order valence-electron chi connectivity index (χ3n) is 4.46. The van der Waals surface area contributed by atoms with Crippen molar-refractivity contribution in [1.29, 1.82) is 0 Å². The fourth-order valence-electron chi connectivity index (χ4n) is 3.38. The van der Waals surface area contributed by atoms with Crippen LogP contribution in [0.25, 0.3) is 0 Å². The largest absolute Gasteiger partial charge is 0.461 e. The monoisotopic (exact) mass is 279 g/mol. The Morgan fingerprint density at radius 1 is 1.47 bits per heavy atom. The quantitative estimate of drug-likeness (QED) is 0.861. The number of esters is 1. The van der Waals surface area contributed by atoms with E-state index in [4.69, 9.17) is 4.74 Å². The Bertz CT molecular complexity index is 437. The molecule has 1 N–H and O–H groups in total. The molecule has 1 aromatic rings. The zero-order chi connectivity index (χ0) is 13.3. The SMILES string of the molecule is CC1CC(NCC2(c3cccs3)CCCC2)C(=O)O1. The highest BCUT2D eigenvalue weighted by Gasteiger charge is 2.39. The summed E-state index contributed by atoms with van der Waals surface area (Å²) in [6, 6.07) is 4.27. The van der Waals surface area contributed by atoms with Gasteiger partial charge in [-0.05, 0) is 31.2 Å². The molecule has 0 bridgehead atoms. The van der Waals surface area contributed by atoms with E-state index in [1.54, 1.807) is 0 Å². The second-order valence-corrected chi connectivity index (χ2v) is 6.83. The summed E-state index contributed by atoms with van der Waals surface area (Å²) in [4.78, 5) is 13.2. The van der Waals surface area contributed by atoms with Crippen LogP contribution in [0.1, 0.15) is 43.9 Å². The second kappa shape index (κ2) is 5.25. The average molecular weight is 279 g/mol. The predicted molar refractivity (Wildman–Crippen MR) is 76.4 cm³/mol. The van der Waals surface area contributed by atoms with Gasteiger partial charge >= 0.3 is 5.97 Å². The van der Waals surface area contributed by atoms with Crippen molar-refractivity contribution in [3.8, 4) is 0 Å². The number of thiophene rings is 1. The van der Waals surface area contributed by atoms with Crippen LogP contribution < -0.4 is 5.32 Å². The van der Waals surface area contributed by atoms with Gasteiger partial charge in [0.15, 0.2) is 0 Å². The van der Waals surface area contributed by atoms with Crippen molar-refractivity contribution in [3.05, 3.63) is 22.4 Å². The van der Waals surface area contributed by atoms with Crippen molar-refractivity contribution in [1.82, 2.24) is 5.32 Å². The minimum absolute atomic E-state index is 0.0614. The molecule has 2 unspecified atom stereocenters. The van der Waals surface area contributed by atoms with Crippen molar-refractivity contribution < 1.29 is 9.53 Å². The molecule has 0 spiro atoms. The van der Waals surface area contributed by atoms with E-state index in [1.807, 2.05) is 18.3 Å². The Morgan fingerprint density at radius 3 is 2.84 bits per heavy atom.